The van der Waals surface area contributed by atoms with E-state index in [4.69, 9.17) is 0 Å². The van der Waals surface area contributed by atoms with Gasteiger partial charge in [0.05, 0.1) is 0 Å². The number of benzene rings is 1. The normalized spacial score (nSPS) is 10.7. The zero-order valence-corrected chi connectivity index (χ0v) is 11.6. The van der Waals surface area contributed by atoms with Gasteiger partial charge in [-0.05, 0) is 0 Å². The third-order valence-corrected chi connectivity index (χ3v) is 3.88. The van der Waals surface area contributed by atoms with Crippen LogP contribution in [0.1, 0.15) is 11.1 Å². The number of hydrogen-bond acceptors (Lipinski definition) is 3. The van der Waals surface area contributed by atoms with Gasteiger partial charge in [0, 0.05) is 0 Å². The zero-order valence-electron chi connectivity index (χ0n) is 7.87. The molecule has 1 aromatic carbocycles. The van der Waals surface area contributed by atoms with E-state index in [1.807, 2.05) is 0 Å². The van der Waals surface area contributed by atoms with E-state index in [2.05, 4.69) is 0 Å². The Morgan fingerprint density at radius 1 is 1.23 bits per heavy atom. The molecule has 0 spiro atoms. The number of hydrogen-bond donors (Lipinski definition) is 0. The van der Waals surface area contributed by atoms with Crippen molar-refractivity contribution < 1.29 is 41.4 Å². The standard InChI is InChI=1S/C8H10O3Se.Na/c1-6-4-3-5-8(7(6)2)12(9,10)11;/h3-5H,1-2H3,(H,9,10,11);/q;+1/p-1. The second-order valence-corrected chi connectivity index (χ2v) is 5.48. The number of rotatable bonds is 1. The van der Waals surface area contributed by atoms with Crippen LogP contribution < -0.4 is 38.2 Å². The molecule has 0 saturated heterocycles. The molecule has 0 bridgehead atoms. The molecule has 13 heavy (non-hydrogen) atoms. The van der Waals surface area contributed by atoms with Crippen molar-refractivity contribution in [3.8, 4) is 0 Å². The van der Waals surface area contributed by atoms with Crippen molar-refractivity contribution in [1.29, 1.82) is 0 Å². The fourth-order valence-electron chi connectivity index (χ4n) is 0.995. The molecule has 0 aliphatic carbocycles. The number of aryl methyl sites for hydroxylation is 1. The van der Waals surface area contributed by atoms with Gasteiger partial charge in [-0.1, -0.05) is 0 Å². The topological polar surface area (TPSA) is 57.2 Å². The molecule has 0 aromatic heterocycles. The van der Waals surface area contributed by atoms with Gasteiger partial charge in [0.2, 0.25) is 0 Å². The van der Waals surface area contributed by atoms with Crippen LogP contribution in [0.4, 0.5) is 0 Å². The monoisotopic (exact) mass is 256 g/mol. The van der Waals surface area contributed by atoms with Crippen molar-refractivity contribution in [3.63, 3.8) is 0 Å². The molecule has 5 heteroatoms. The average molecular weight is 255 g/mol. The molecule has 0 fully saturated rings. The molecule has 0 radical (unpaired) electrons. The molecule has 0 atom stereocenters. The predicted octanol–water partition coefficient (Wildman–Crippen LogP) is -3.33. The maximum absolute atomic E-state index is 10.7. The van der Waals surface area contributed by atoms with E-state index in [1.54, 1.807) is 26.0 Å². The fraction of sp³-hybridized carbons (Fsp3) is 0.250. The van der Waals surface area contributed by atoms with Crippen LogP contribution in [0.2, 0.25) is 0 Å². The molecule has 0 amide bonds. The Balaban J connectivity index is 0.00000144. The van der Waals surface area contributed by atoms with Gasteiger partial charge in [-0.15, -0.1) is 0 Å². The smallest absolute Gasteiger partial charge is 1.00 e. The van der Waals surface area contributed by atoms with E-state index in [9.17, 15) is 11.9 Å². The molecule has 3 nitrogen and oxygen atoms in total. The van der Waals surface area contributed by atoms with Crippen molar-refractivity contribution >= 4 is 17.5 Å². The molecule has 0 saturated carbocycles. The van der Waals surface area contributed by atoms with Gasteiger partial charge in [-0.2, -0.15) is 0 Å². The van der Waals surface area contributed by atoms with E-state index in [1.165, 1.54) is 6.07 Å². The fourth-order valence-corrected chi connectivity index (χ4v) is 2.63. The zero-order chi connectivity index (χ0) is 9.35. The van der Waals surface area contributed by atoms with Crippen LogP contribution in [-0.2, 0) is 7.67 Å². The SMILES string of the molecule is Cc1cccc([Se](=O)(=O)[O-])c1C.[Na+]. The molecule has 0 aliphatic heterocycles. The van der Waals surface area contributed by atoms with Crippen LogP contribution in [0, 0.1) is 13.8 Å². The molecule has 66 valence electrons. The van der Waals surface area contributed by atoms with Crippen LogP contribution in [0.5, 0.6) is 0 Å². The molecule has 0 aliphatic rings. The summed E-state index contributed by atoms with van der Waals surface area (Å²) in [7, 11) is 0. The van der Waals surface area contributed by atoms with Gasteiger partial charge in [0.1, 0.15) is 0 Å². The van der Waals surface area contributed by atoms with Crippen molar-refractivity contribution in [2.45, 2.75) is 13.8 Å². The summed E-state index contributed by atoms with van der Waals surface area (Å²) in [4.78, 5) is 0. The van der Waals surface area contributed by atoms with Crippen LogP contribution >= 0.6 is 0 Å². The van der Waals surface area contributed by atoms with E-state index >= 15 is 0 Å². The molecule has 0 N–H and O–H groups in total. The Morgan fingerprint density at radius 3 is 2.15 bits per heavy atom. The second-order valence-electron chi connectivity index (χ2n) is 2.65. The first-order valence-corrected chi connectivity index (χ1v) is 6.40. The second kappa shape index (κ2) is 4.69. The summed E-state index contributed by atoms with van der Waals surface area (Å²) in [5, 5.41) is 0. The van der Waals surface area contributed by atoms with Crippen LogP contribution in [-0.4, -0.2) is 13.0 Å². The third-order valence-electron chi connectivity index (χ3n) is 1.82. The molecule has 0 unspecified atom stereocenters. The quantitative estimate of drug-likeness (QED) is 0.493. The van der Waals surface area contributed by atoms with Crippen molar-refractivity contribution in [2.75, 3.05) is 0 Å². The van der Waals surface area contributed by atoms with Crippen LogP contribution in [0.25, 0.3) is 0 Å². The third kappa shape index (κ3) is 3.17. The Kier molecular flexibility index (Phi) is 4.80. The molecule has 0 heterocycles. The Bertz CT molecular complexity index is 398. The Hall–Kier alpha value is 0.299. The Morgan fingerprint density at radius 2 is 1.77 bits per heavy atom. The van der Waals surface area contributed by atoms with Crippen LogP contribution in [0.15, 0.2) is 18.2 Å². The molecular formula is C8H9NaO3Se. The average Bonchev–Trinajstić information content (AvgIpc) is 1.92. The van der Waals surface area contributed by atoms with E-state index in [0.717, 1.165) is 5.56 Å². The summed E-state index contributed by atoms with van der Waals surface area (Å²) in [6, 6.07) is 4.72. The predicted molar refractivity (Wildman–Crippen MR) is 42.7 cm³/mol. The maximum atomic E-state index is 10.7. The first kappa shape index (κ1) is 13.3. The van der Waals surface area contributed by atoms with Gasteiger partial charge in [-0.3, -0.25) is 0 Å². The largest absolute Gasteiger partial charge is 1.00 e. The van der Waals surface area contributed by atoms with Gasteiger partial charge < -0.3 is 0 Å². The van der Waals surface area contributed by atoms with Crippen molar-refractivity contribution in [3.05, 3.63) is 29.3 Å². The summed E-state index contributed by atoms with van der Waals surface area (Å²) in [6.07, 6.45) is 0. The van der Waals surface area contributed by atoms with Crippen molar-refractivity contribution in [2.24, 2.45) is 0 Å². The van der Waals surface area contributed by atoms with E-state index in [0.29, 0.717) is 5.56 Å². The minimum atomic E-state index is -5.03. The van der Waals surface area contributed by atoms with Gasteiger partial charge in [0.25, 0.3) is 0 Å². The summed E-state index contributed by atoms with van der Waals surface area (Å²) >= 11 is -5.03. The summed E-state index contributed by atoms with van der Waals surface area (Å²) in [5.41, 5.74) is 1.40. The summed E-state index contributed by atoms with van der Waals surface area (Å²) in [5.74, 6) is 0. The molecule has 1 rings (SSSR count). The Labute approximate surface area is 101 Å². The minimum absolute atomic E-state index is 0. The van der Waals surface area contributed by atoms with E-state index in [-0.39, 0.29) is 34.0 Å². The van der Waals surface area contributed by atoms with Gasteiger partial charge in [-0.25, -0.2) is 0 Å². The first-order valence-electron chi connectivity index (χ1n) is 3.45. The summed E-state index contributed by atoms with van der Waals surface area (Å²) in [6.45, 7) is 3.42. The first-order chi connectivity index (χ1) is 5.43. The summed E-state index contributed by atoms with van der Waals surface area (Å²) < 4.78 is 32.1. The van der Waals surface area contributed by atoms with Crippen molar-refractivity contribution in [1.82, 2.24) is 0 Å². The molecule has 1 aromatic rings. The van der Waals surface area contributed by atoms with Gasteiger partial charge in [0.15, 0.2) is 0 Å². The van der Waals surface area contributed by atoms with Crippen LogP contribution in [0.3, 0.4) is 0 Å². The maximum Gasteiger partial charge on any atom is 1.00 e. The van der Waals surface area contributed by atoms with Gasteiger partial charge >= 0.3 is 102 Å². The van der Waals surface area contributed by atoms with E-state index < -0.39 is 13.0 Å². The molecular weight excluding hydrogens is 246 g/mol. The minimum Gasteiger partial charge on any atom is 1.00 e.